The van der Waals surface area contributed by atoms with Gasteiger partial charge in [-0.05, 0) is 93.1 Å². The zero-order chi connectivity index (χ0) is 32.7. The van der Waals surface area contributed by atoms with Crippen molar-refractivity contribution in [3.8, 4) is 11.5 Å². The van der Waals surface area contributed by atoms with Gasteiger partial charge in [-0.25, -0.2) is 10.4 Å². The SMILES string of the molecule is COc1cccc([C@@H]2OC(c3ccc(OCCCO)cc3)=N[C@]2(CCC(=O)OC(C)(C)C)C(=O)NNC2Cc3ccccc3C2)c1. The van der Waals surface area contributed by atoms with Crippen molar-refractivity contribution < 1.29 is 33.6 Å². The fourth-order valence-electron chi connectivity index (χ4n) is 5.80. The molecule has 1 amide bonds. The number of nitrogens with zero attached hydrogens (tertiary/aromatic N) is 1. The van der Waals surface area contributed by atoms with Crippen LogP contribution >= 0.6 is 0 Å². The summed E-state index contributed by atoms with van der Waals surface area (Å²) in [4.78, 5) is 32.4. The number of hydrazine groups is 1. The lowest BCUT2D eigenvalue weighted by atomic mass is 9.83. The Morgan fingerprint density at radius 1 is 1.00 bits per heavy atom. The van der Waals surface area contributed by atoms with Crippen LogP contribution in [-0.2, 0) is 31.9 Å². The van der Waals surface area contributed by atoms with Crippen LogP contribution in [0.2, 0.25) is 0 Å². The second-order valence-electron chi connectivity index (χ2n) is 12.6. The van der Waals surface area contributed by atoms with Crippen molar-refractivity contribution in [2.45, 2.75) is 76.2 Å². The van der Waals surface area contributed by atoms with Crippen LogP contribution in [-0.4, -0.2) is 60.4 Å². The van der Waals surface area contributed by atoms with E-state index in [2.05, 4.69) is 23.0 Å². The molecule has 3 aromatic rings. The summed E-state index contributed by atoms with van der Waals surface area (Å²) in [5, 5.41) is 9.07. The molecular weight excluding hydrogens is 586 g/mol. The third-order valence-corrected chi connectivity index (χ3v) is 8.00. The first-order valence-electron chi connectivity index (χ1n) is 15.7. The quantitative estimate of drug-likeness (QED) is 0.142. The molecule has 0 unspecified atom stereocenters. The van der Waals surface area contributed by atoms with Gasteiger partial charge in [-0.2, -0.15) is 0 Å². The Labute approximate surface area is 270 Å². The topological polar surface area (TPSA) is 128 Å². The van der Waals surface area contributed by atoms with Crippen LogP contribution in [0.1, 0.15) is 68.4 Å². The number of carbonyl (C=O) groups is 2. The molecule has 10 heteroatoms. The summed E-state index contributed by atoms with van der Waals surface area (Å²) >= 11 is 0. The number of aliphatic hydroxyl groups is 1. The number of benzene rings is 3. The van der Waals surface area contributed by atoms with Crippen molar-refractivity contribution in [1.82, 2.24) is 10.9 Å². The van der Waals surface area contributed by atoms with Crippen LogP contribution in [0.4, 0.5) is 0 Å². The number of rotatable bonds is 13. The standard InChI is InChI=1S/C36H43N3O7/c1-35(2,3)46-31(41)17-18-36(34(42)39-38-28-21-25-9-5-6-10-26(25)22-28)32(27-11-7-12-30(23-27)43-4)45-33(37-36)24-13-15-29(16-14-24)44-20-8-19-40/h5-7,9-16,23,28,32,38,40H,8,17-22H2,1-4H3,(H,39,42)/t32-,36-/m0/s1. The lowest BCUT2D eigenvalue weighted by molar-refractivity contribution is -0.155. The van der Waals surface area contributed by atoms with E-state index < -0.39 is 29.1 Å². The molecule has 2 aliphatic rings. The van der Waals surface area contributed by atoms with E-state index >= 15 is 0 Å². The molecular formula is C36H43N3O7. The maximum Gasteiger partial charge on any atom is 0.306 e. The third kappa shape index (κ3) is 7.86. The molecule has 244 valence electrons. The fourth-order valence-corrected chi connectivity index (χ4v) is 5.80. The second-order valence-corrected chi connectivity index (χ2v) is 12.6. The normalized spacial score (nSPS) is 19.2. The predicted molar refractivity (Wildman–Crippen MR) is 174 cm³/mol. The van der Waals surface area contributed by atoms with Crippen LogP contribution in [0.15, 0.2) is 77.8 Å². The monoisotopic (exact) mass is 629 g/mol. The lowest BCUT2D eigenvalue weighted by Crippen LogP contribution is -2.55. The molecule has 3 aromatic carbocycles. The molecule has 0 spiro atoms. The number of aliphatic hydroxyl groups excluding tert-OH is 1. The highest BCUT2D eigenvalue weighted by Crippen LogP contribution is 2.44. The molecule has 0 fully saturated rings. The van der Waals surface area contributed by atoms with Gasteiger partial charge in [0.05, 0.1) is 13.7 Å². The Morgan fingerprint density at radius 2 is 1.72 bits per heavy atom. The van der Waals surface area contributed by atoms with Crippen LogP contribution in [0, 0.1) is 0 Å². The minimum absolute atomic E-state index is 0.00340. The van der Waals surface area contributed by atoms with Gasteiger partial charge < -0.3 is 24.1 Å². The molecule has 46 heavy (non-hydrogen) atoms. The van der Waals surface area contributed by atoms with Crippen LogP contribution in [0.25, 0.3) is 0 Å². The number of esters is 1. The van der Waals surface area contributed by atoms with E-state index in [1.807, 2.05) is 69.3 Å². The van der Waals surface area contributed by atoms with Crippen LogP contribution in [0.5, 0.6) is 11.5 Å². The summed E-state index contributed by atoms with van der Waals surface area (Å²) in [5.41, 5.74) is 7.80. The van der Waals surface area contributed by atoms with Crippen molar-refractivity contribution in [3.05, 3.63) is 95.1 Å². The van der Waals surface area contributed by atoms with Gasteiger partial charge in [0.15, 0.2) is 11.6 Å². The summed E-state index contributed by atoms with van der Waals surface area (Å²) in [5.74, 6) is 0.649. The van der Waals surface area contributed by atoms with E-state index in [0.29, 0.717) is 35.7 Å². The van der Waals surface area contributed by atoms with Gasteiger partial charge in [0, 0.05) is 31.1 Å². The number of hydrogen-bond donors (Lipinski definition) is 3. The Kier molecular flexibility index (Phi) is 10.3. The fraction of sp³-hybridized carbons (Fsp3) is 0.417. The van der Waals surface area contributed by atoms with Gasteiger partial charge in [-0.15, -0.1) is 0 Å². The van der Waals surface area contributed by atoms with Crippen LogP contribution < -0.4 is 20.3 Å². The Balaban J connectivity index is 1.48. The van der Waals surface area contributed by atoms with Gasteiger partial charge in [0.2, 0.25) is 5.90 Å². The maximum absolute atomic E-state index is 14.4. The predicted octanol–water partition coefficient (Wildman–Crippen LogP) is 4.62. The molecule has 1 aliphatic carbocycles. The van der Waals surface area contributed by atoms with Gasteiger partial charge in [0.1, 0.15) is 17.1 Å². The van der Waals surface area contributed by atoms with E-state index in [-0.39, 0.29) is 31.4 Å². The van der Waals surface area contributed by atoms with Gasteiger partial charge in [0.25, 0.3) is 5.91 Å². The second kappa shape index (κ2) is 14.3. The molecule has 0 saturated carbocycles. The first kappa shape index (κ1) is 33.0. The van der Waals surface area contributed by atoms with Gasteiger partial charge in [-0.3, -0.25) is 15.0 Å². The van der Waals surface area contributed by atoms with Crippen molar-refractivity contribution >= 4 is 17.8 Å². The summed E-state index contributed by atoms with van der Waals surface area (Å²) < 4.78 is 23.3. The smallest absolute Gasteiger partial charge is 0.306 e. The number of hydrogen-bond acceptors (Lipinski definition) is 9. The summed E-state index contributed by atoms with van der Waals surface area (Å²) in [6, 6.07) is 22.8. The van der Waals surface area contributed by atoms with Crippen molar-refractivity contribution in [3.63, 3.8) is 0 Å². The number of methoxy groups -OCH3 is 1. The molecule has 1 aliphatic heterocycles. The van der Waals surface area contributed by atoms with E-state index in [1.165, 1.54) is 11.1 Å². The van der Waals surface area contributed by atoms with E-state index in [4.69, 9.17) is 29.0 Å². The number of amides is 1. The lowest BCUT2D eigenvalue weighted by Gasteiger charge is -2.31. The first-order chi connectivity index (χ1) is 22.1. The molecule has 0 aromatic heterocycles. The average Bonchev–Trinajstić information content (AvgIpc) is 3.65. The average molecular weight is 630 g/mol. The molecule has 0 bridgehead atoms. The van der Waals surface area contributed by atoms with Crippen molar-refractivity contribution in [2.75, 3.05) is 20.3 Å². The third-order valence-electron chi connectivity index (χ3n) is 8.00. The Morgan fingerprint density at radius 3 is 2.37 bits per heavy atom. The molecule has 0 radical (unpaired) electrons. The highest BCUT2D eigenvalue weighted by molar-refractivity contribution is 6.01. The van der Waals surface area contributed by atoms with Crippen molar-refractivity contribution in [2.24, 2.45) is 4.99 Å². The van der Waals surface area contributed by atoms with E-state index in [0.717, 1.165) is 12.8 Å². The van der Waals surface area contributed by atoms with E-state index in [9.17, 15) is 9.59 Å². The number of carbonyl (C=O) groups excluding carboxylic acids is 2. The molecule has 2 atom stereocenters. The molecule has 3 N–H and O–H groups in total. The first-order valence-corrected chi connectivity index (χ1v) is 15.7. The highest BCUT2D eigenvalue weighted by atomic mass is 16.6. The zero-order valence-corrected chi connectivity index (χ0v) is 26.9. The molecule has 10 nitrogen and oxygen atoms in total. The number of ether oxygens (including phenoxy) is 4. The largest absolute Gasteiger partial charge is 0.497 e. The summed E-state index contributed by atoms with van der Waals surface area (Å²) in [7, 11) is 1.58. The van der Waals surface area contributed by atoms with Crippen LogP contribution in [0.3, 0.4) is 0 Å². The van der Waals surface area contributed by atoms with Crippen molar-refractivity contribution in [1.29, 1.82) is 0 Å². The minimum Gasteiger partial charge on any atom is -0.497 e. The minimum atomic E-state index is -1.52. The van der Waals surface area contributed by atoms with Gasteiger partial charge in [-0.1, -0.05) is 36.4 Å². The Bertz CT molecular complexity index is 1520. The number of nitrogens with one attached hydrogen (secondary N) is 2. The number of fused-ring (bicyclic) bond motifs is 1. The zero-order valence-electron chi connectivity index (χ0n) is 26.9. The molecule has 5 rings (SSSR count). The molecule has 0 saturated heterocycles. The maximum atomic E-state index is 14.4. The van der Waals surface area contributed by atoms with Gasteiger partial charge >= 0.3 is 5.97 Å². The summed E-state index contributed by atoms with van der Waals surface area (Å²) in [6.45, 7) is 5.86. The Hall–Kier alpha value is -4.41. The summed E-state index contributed by atoms with van der Waals surface area (Å²) in [6.07, 6.45) is 1.18. The highest BCUT2D eigenvalue weighted by Gasteiger charge is 2.53. The van der Waals surface area contributed by atoms with E-state index in [1.54, 1.807) is 19.2 Å². The number of aliphatic imine (C=N–C) groups is 1. The molecule has 1 heterocycles.